The maximum Gasteiger partial charge on any atom is 0.0457 e. The van der Waals surface area contributed by atoms with Gasteiger partial charge in [0.1, 0.15) is 0 Å². The van der Waals surface area contributed by atoms with Crippen LogP contribution in [0.1, 0.15) is 19.4 Å². The molecule has 0 atom stereocenters. The van der Waals surface area contributed by atoms with Gasteiger partial charge >= 0.3 is 0 Å². The summed E-state index contributed by atoms with van der Waals surface area (Å²) in [4.78, 5) is 3.23. The number of benzene rings is 1. The van der Waals surface area contributed by atoms with Gasteiger partial charge in [0.15, 0.2) is 0 Å². The molecule has 0 aliphatic rings. The number of aromatic amines is 1. The number of fused-ring (bicyclic) bond motifs is 1. The van der Waals surface area contributed by atoms with E-state index in [1.54, 1.807) is 0 Å². The van der Waals surface area contributed by atoms with E-state index in [1.807, 2.05) is 13.2 Å². The van der Waals surface area contributed by atoms with Crippen molar-refractivity contribution in [2.45, 2.75) is 19.4 Å². The van der Waals surface area contributed by atoms with Crippen LogP contribution in [-0.2, 0) is 5.54 Å². The monoisotopic (exact) mass is 188 g/mol. The van der Waals surface area contributed by atoms with Crippen molar-refractivity contribution < 1.29 is 0 Å². The van der Waals surface area contributed by atoms with E-state index in [2.05, 4.69) is 48.4 Å². The van der Waals surface area contributed by atoms with Gasteiger partial charge in [0, 0.05) is 22.6 Å². The van der Waals surface area contributed by atoms with Crippen molar-refractivity contribution in [3.05, 3.63) is 36.0 Å². The van der Waals surface area contributed by atoms with E-state index in [4.69, 9.17) is 0 Å². The molecule has 2 nitrogen and oxygen atoms in total. The summed E-state index contributed by atoms with van der Waals surface area (Å²) in [7, 11) is 1.99. The molecule has 0 saturated carbocycles. The average Bonchev–Trinajstić information content (AvgIpc) is 2.64. The van der Waals surface area contributed by atoms with E-state index in [0.717, 1.165) is 0 Å². The summed E-state index contributed by atoms with van der Waals surface area (Å²) in [5.41, 5.74) is 2.55. The molecule has 0 bridgehead atoms. The lowest BCUT2D eigenvalue weighted by Gasteiger charge is -2.25. The highest BCUT2D eigenvalue weighted by atomic mass is 14.9. The summed E-state index contributed by atoms with van der Waals surface area (Å²) in [6.07, 6.45) is 1.99. The van der Waals surface area contributed by atoms with E-state index in [9.17, 15) is 0 Å². The first-order valence-electron chi connectivity index (χ1n) is 4.90. The number of aromatic nitrogens is 1. The van der Waals surface area contributed by atoms with E-state index >= 15 is 0 Å². The predicted molar refractivity (Wildman–Crippen MR) is 60.4 cm³/mol. The molecule has 74 valence electrons. The number of rotatable bonds is 2. The SMILES string of the molecule is CNC(C)(C)c1cccc2[nH]ccc12. The molecule has 0 aliphatic heterocycles. The fourth-order valence-corrected chi connectivity index (χ4v) is 1.77. The molecule has 2 rings (SSSR count). The fourth-order valence-electron chi connectivity index (χ4n) is 1.77. The van der Waals surface area contributed by atoms with E-state index in [1.165, 1.54) is 16.5 Å². The standard InChI is InChI=1S/C12H16N2/c1-12(2,13-3)10-5-4-6-11-9(10)7-8-14-11/h4-8,13-14H,1-3H3. The topological polar surface area (TPSA) is 27.8 Å². The van der Waals surface area contributed by atoms with Gasteiger partial charge in [-0.3, -0.25) is 0 Å². The largest absolute Gasteiger partial charge is 0.361 e. The highest BCUT2D eigenvalue weighted by molar-refractivity contribution is 5.83. The molecule has 0 saturated heterocycles. The number of hydrogen-bond donors (Lipinski definition) is 2. The minimum absolute atomic E-state index is 0.0156. The lowest BCUT2D eigenvalue weighted by Crippen LogP contribution is -2.33. The Hall–Kier alpha value is -1.28. The van der Waals surface area contributed by atoms with Gasteiger partial charge in [-0.25, -0.2) is 0 Å². The molecule has 2 N–H and O–H groups in total. The Morgan fingerprint density at radius 2 is 2.00 bits per heavy atom. The first kappa shape index (κ1) is 9.28. The van der Waals surface area contributed by atoms with Gasteiger partial charge < -0.3 is 10.3 Å². The number of hydrogen-bond acceptors (Lipinski definition) is 1. The molecule has 0 fully saturated rings. The number of H-pyrrole nitrogens is 1. The summed E-state index contributed by atoms with van der Waals surface area (Å²) in [5.74, 6) is 0. The molecular weight excluding hydrogens is 172 g/mol. The second kappa shape index (κ2) is 3.14. The van der Waals surface area contributed by atoms with Gasteiger partial charge in [-0.15, -0.1) is 0 Å². The van der Waals surface area contributed by atoms with Gasteiger partial charge in [0.2, 0.25) is 0 Å². The fraction of sp³-hybridized carbons (Fsp3) is 0.333. The molecule has 0 spiro atoms. The van der Waals surface area contributed by atoms with Crippen LogP contribution >= 0.6 is 0 Å². The first-order chi connectivity index (χ1) is 6.65. The summed E-state index contributed by atoms with van der Waals surface area (Å²) in [6.45, 7) is 4.38. The summed E-state index contributed by atoms with van der Waals surface area (Å²) in [6, 6.07) is 8.49. The summed E-state index contributed by atoms with van der Waals surface area (Å²) in [5, 5.41) is 4.62. The Labute approximate surface area is 84.3 Å². The van der Waals surface area contributed by atoms with Crippen molar-refractivity contribution in [3.63, 3.8) is 0 Å². The van der Waals surface area contributed by atoms with Crippen molar-refractivity contribution >= 4 is 10.9 Å². The third kappa shape index (κ3) is 1.32. The van der Waals surface area contributed by atoms with E-state index in [0.29, 0.717) is 0 Å². The zero-order valence-corrected chi connectivity index (χ0v) is 8.89. The Balaban J connectivity index is 2.67. The van der Waals surface area contributed by atoms with Gasteiger partial charge in [-0.1, -0.05) is 12.1 Å². The smallest absolute Gasteiger partial charge is 0.0457 e. The molecule has 0 amide bonds. The van der Waals surface area contributed by atoms with Crippen molar-refractivity contribution in [2.75, 3.05) is 7.05 Å². The highest BCUT2D eigenvalue weighted by Gasteiger charge is 2.19. The van der Waals surface area contributed by atoms with Crippen LogP contribution in [0.2, 0.25) is 0 Å². The van der Waals surface area contributed by atoms with Gasteiger partial charge in [-0.2, -0.15) is 0 Å². The van der Waals surface area contributed by atoms with Gasteiger partial charge in [0.25, 0.3) is 0 Å². The molecule has 0 unspecified atom stereocenters. The van der Waals surface area contributed by atoms with Crippen LogP contribution in [0.4, 0.5) is 0 Å². The summed E-state index contributed by atoms with van der Waals surface area (Å²) < 4.78 is 0. The maximum absolute atomic E-state index is 3.33. The molecule has 2 aromatic rings. The third-order valence-electron chi connectivity index (χ3n) is 2.89. The van der Waals surface area contributed by atoms with Gasteiger partial charge in [-0.05, 0) is 38.6 Å². The van der Waals surface area contributed by atoms with Crippen LogP contribution in [0.15, 0.2) is 30.5 Å². The third-order valence-corrected chi connectivity index (χ3v) is 2.89. The zero-order chi connectivity index (χ0) is 10.2. The lowest BCUT2D eigenvalue weighted by atomic mass is 9.92. The Morgan fingerprint density at radius 3 is 2.71 bits per heavy atom. The van der Waals surface area contributed by atoms with Crippen LogP contribution in [-0.4, -0.2) is 12.0 Å². The minimum Gasteiger partial charge on any atom is -0.361 e. The normalized spacial score (nSPS) is 12.2. The Bertz CT molecular complexity index is 440. The van der Waals surface area contributed by atoms with Crippen molar-refractivity contribution in [1.29, 1.82) is 0 Å². The second-order valence-corrected chi connectivity index (χ2v) is 4.12. The average molecular weight is 188 g/mol. The van der Waals surface area contributed by atoms with E-state index in [-0.39, 0.29) is 5.54 Å². The lowest BCUT2D eigenvalue weighted by molar-refractivity contribution is 0.448. The molecule has 14 heavy (non-hydrogen) atoms. The molecule has 2 heteroatoms. The number of nitrogens with one attached hydrogen (secondary N) is 2. The minimum atomic E-state index is 0.0156. The van der Waals surface area contributed by atoms with Crippen LogP contribution in [0.5, 0.6) is 0 Å². The molecule has 0 radical (unpaired) electrons. The van der Waals surface area contributed by atoms with Crippen LogP contribution in [0.3, 0.4) is 0 Å². The predicted octanol–water partition coefficient (Wildman–Crippen LogP) is 2.62. The molecule has 1 aromatic heterocycles. The quantitative estimate of drug-likeness (QED) is 0.745. The van der Waals surface area contributed by atoms with Crippen LogP contribution < -0.4 is 5.32 Å². The Kier molecular flexibility index (Phi) is 2.08. The molecule has 0 aliphatic carbocycles. The van der Waals surface area contributed by atoms with Crippen molar-refractivity contribution in [2.24, 2.45) is 0 Å². The van der Waals surface area contributed by atoms with Crippen molar-refractivity contribution in [1.82, 2.24) is 10.3 Å². The Morgan fingerprint density at radius 1 is 1.21 bits per heavy atom. The second-order valence-electron chi connectivity index (χ2n) is 4.12. The van der Waals surface area contributed by atoms with Crippen molar-refractivity contribution in [3.8, 4) is 0 Å². The highest BCUT2D eigenvalue weighted by Crippen LogP contribution is 2.27. The molecule has 1 heterocycles. The maximum atomic E-state index is 3.33. The first-order valence-corrected chi connectivity index (χ1v) is 4.90. The van der Waals surface area contributed by atoms with Gasteiger partial charge in [0.05, 0.1) is 0 Å². The van der Waals surface area contributed by atoms with E-state index < -0.39 is 0 Å². The zero-order valence-electron chi connectivity index (χ0n) is 8.89. The molecular formula is C12H16N2. The van der Waals surface area contributed by atoms with Crippen LogP contribution in [0, 0.1) is 0 Å². The van der Waals surface area contributed by atoms with Crippen LogP contribution in [0.25, 0.3) is 10.9 Å². The summed E-state index contributed by atoms with van der Waals surface area (Å²) >= 11 is 0. The molecule has 1 aromatic carbocycles.